The van der Waals surface area contributed by atoms with Gasteiger partial charge in [0.25, 0.3) is 0 Å². The molecule has 3 aromatic rings. The number of amidine groups is 1. The number of nitrogens with zero attached hydrogens (tertiary/aromatic N) is 4. The molecule has 12 nitrogen and oxygen atoms in total. The molecule has 0 fully saturated rings. The molecule has 4 N–H and O–H groups in total. The molecule has 3 heterocycles. The minimum Gasteiger partial charge on any atom is -0.505 e. The van der Waals surface area contributed by atoms with Crippen molar-refractivity contribution < 1.29 is 27.7 Å². The van der Waals surface area contributed by atoms with Gasteiger partial charge in [0.2, 0.25) is 15.9 Å². The molecule has 0 bridgehead atoms. The summed E-state index contributed by atoms with van der Waals surface area (Å²) in [7, 11) is -5.71. The van der Waals surface area contributed by atoms with Crippen molar-refractivity contribution in [3.63, 3.8) is 0 Å². The third-order valence-electron chi connectivity index (χ3n) is 5.65. The van der Waals surface area contributed by atoms with Gasteiger partial charge in [-0.15, -0.1) is 0 Å². The zero-order valence-corrected chi connectivity index (χ0v) is 23.2. The van der Waals surface area contributed by atoms with Gasteiger partial charge in [-0.05, 0) is 25.1 Å². The molecule has 0 radical (unpaired) electrons. The van der Waals surface area contributed by atoms with Gasteiger partial charge in [0.05, 0.1) is 42.3 Å². The summed E-state index contributed by atoms with van der Waals surface area (Å²) in [5, 5.41) is 30.1. The lowest BCUT2D eigenvalue weighted by Gasteiger charge is -2.25. The van der Waals surface area contributed by atoms with Crippen molar-refractivity contribution in [1.29, 1.82) is 0 Å². The van der Waals surface area contributed by atoms with Crippen LogP contribution in [0.4, 0.5) is 11.4 Å². The Morgan fingerprint density at radius 2 is 1.95 bits per heavy atom. The van der Waals surface area contributed by atoms with Crippen LogP contribution in [0.1, 0.15) is 44.5 Å². The smallest absolute Gasteiger partial charge is 0.348 e. The molecule has 1 atom stereocenters. The first kappa shape index (κ1) is 26.8. The molecule has 0 saturated heterocycles. The van der Waals surface area contributed by atoms with Crippen LogP contribution >= 0.6 is 7.52 Å². The maximum absolute atomic E-state index is 14.0. The third-order valence-corrected chi connectivity index (χ3v) is 8.31. The first-order valence-corrected chi connectivity index (χ1v) is 15.0. The Balaban J connectivity index is 1.88. The summed E-state index contributed by atoms with van der Waals surface area (Å²) in [4.78, 5) is 0. The number of aryl methyl sites for hydroxylation is 1. The maximum atomic E-state index is 14.0. The highest BCUT2D eigenvalue weighted by atomic mass is 32.2. The fourth-order valence-corrected chi connectivity index (χ4v) is 6.69. The zero-order valence-electron chi connectivity index (χ0n) is 21.5. The summed E-state index contributed by atoms with van der Waals surface area (Å²) in [6.07, 6.45) is 4.48. The third kappa shape index (κ3) is 5.25. The highest BCUT2D eigenvalue weighted by molar-refractivity contribution is 7.92. The Morgan fingerprint density at radius 1 is 1.24 bits per heavy atom. The van der Waals surface area contributed by atoms with Gasteiger partial charge in [-0.3, -0.25) is 14.0 Å². The van der Waals surface area contributed by atoms with Gasteiger partial charge < -0.3 is 24.6 Å². The summed E-state index contributed by atoms with van der Waals surface area (Å²) in [5.41, 5.74) is 1.21. The lowest BCUT2D eigenvalue weighted by Crippen LogP contribution is -2.26. The maximum Gasteiger partial charge on any atom is 0.348 e. The van der Waals surface area contributed by atoms with Crippen LogP contribution < -0.4 is 15.3 Å². The first-order valence-electron chi connectivity index (χ1n) is 11.5. The van der Waals surface area contributed by atoms with Crippen LogP contribution in [-0.4, -0.2) is 51.7 Å². The van der Waals surface area contributed by atoms with E-state index >= 15 is 0 Å². The van der Waals surface area contributed by atoms with Crippen LogP contribution in [-0.2, 0) is 38.1 Å². The average molecular weight is 551 g/mol. The van der Waals surface area contributed by atoms with Gasteiger partial charge in [-0.2, -0.15) is 9.86 Å². The Hall–Kier alpha value is -3.28. The summed E-state index contributed by atoms with van der Waals surface area (Å²) in [6.45, 7) is 7.65. The minimum atomic E-state index is -3.92. The quantitative estimate of drug-likeness (QED) is 0.327. The number of hydrogen-bond acceptors (Lipinski definition) is 8. The van der Waals surface area contributed by atoms with Gasteiger partial charge in [-0.1, -0.05) is 20.8 Å². The predicted octanol–water partition coefficient (Wildman–Crippen LogP) is 3.08. The fraction of sp³-hybridized carbons (Fsp3) is 0.391. The Labute approximate surface area is 215 Å². The van der Waals surface area contributed by atoms with Crippen molar-refractivity contribution in [1.82, 2.24) is 14.3 Å². The molecule has 200 valence electrons. The topological polar surface area (TPSA) is 160 Å². The van der Waals surface area contributed by atoms with E-state index in [0.717, 1.165) is 11.8 Å². The van der Waals surface area contributed by atoms with Gasteiger partial charge in [-0.25, -0.2) is 8.42 Å². The highest BCUT2D eigenvalue weighted by Crippen LogP contribution is 2.54. The molecular weight excluding hydrogens is 519 g/mol. The second kappa shape index (κ2) is 9.23. The molecule has 1 unspecified atom stereocenters. The summed E-state index contributed by atoms with van der Waals surface area (Å²) >= 11 is 0. The molecule has 1 aliphatic heterocycles. The second-order valence-corrected chi connectivity index (χ2v) is 13.6. The van der Waals surface area contributed by atoms with Gasteiger partial charge in [0, 0.05) is 29.9 Å². The SMILES string of the molecule is CCOP1(=O)N=C(c2c(O)c(C(C)(C)C)n(Cc3cnn(C)c3)c2O)Nc2ccc(NS(C)(=O)=O)cc21. The predicted molar refractivity (Wildman–Crippen MR) is 143 cm³/mol. The van der Waals surface area contributed by atoms with E-state index in [1.165, 1.54) is 18.2 Å². The van der Waals surface area contributed by atoms with E-state index in [9.17, 15) is 23.2 Å². The molecule has 4 rings (SSSR count). The van der Waals surface area contributed by atoms with E-state index in [-0.39, 0.29) is 47.2 Å². The molecule has 0 amide bonds. The summed E-state index contributed by atoms with van der Waals surface area (Å²) in [5.74, 6) is -0.500. The van der Waals surface area contributed by atoms with Crippen LogP contribution in [0.15, 0.2) is 35.4 Å². The van der Waals surface area contributed by atoms with Crippen molar-refractivity contribution in [3.8, 4) is 11.6 Å². The number of sulfonamides is 1. The van der Waals surface area contributed by atoms with E-state index in [1.54, 1.807) is 35.6 Å². The molecule has 1 aliphatic rings. The highest BCUT2D eigenvalue weighted by Gasteiger charge is 2.39. The van der Waals surface area contributed by atoms with Gasteiger partial charge in [0.1, 0.15) is 5.56 Å². The molecular formula is C23H31N6O6PS. The van der Waals surface area contributed by atoms with Crippen molar-refractivity contribution >= 4 is 40.1 Å². The molecule has 0 spiro atoms. The second-order valence-electron chi connectivity index (χ2n) is 9.87. The molecule has 37 heavy (non-hydrogen) atoms. The minimum absolute atomic E-state index is 0.0160. The lowest BCUT2D eigenvalue weighted by atomic mass is 9.91. The van der Waals surface area contributed by atoms with E-state index in [1.807, 2.05) is 20.8 Å². The van der Waals surface area contributed by atoms with Crippen molar-refractivity contribution in [3.05, 3.63) is 47.4 Å². The Bertz CT molecular complexity index is 1550. The normalized spacial score (nSPS) is 17.7. The van der Waals surface area contributed by atoms with E-state index in [4.69, 9.17) is 4.52 Å². The van der Waals surface area contributed by atoms with Crippen LogP contribution in [0.3, 0.4) is 0 Å². The van der Waals surface area contributed by atoms with E-state index < -0.39 is 23.0 Å². The van der Waals surface area contributed by atoms with Crippen molar-refractivity contribution in [2.24, 2.45) is 11.8 Å². The number of aromatic nitrogens is 3. The first-order chi connectivity index (χ1) is 17.1. The number of anilines is 2. The molecule has 0 saturated carbocycles. The standard InChI is InChI=1S/C23H31N6O6PS/c1-7-35-36(32)17-10-15(27-37(6,33)34)8-9-16(17)25-21(26-36)18-19(30)20(23(2,3)4)29(22(18)31)13-14-11-24-28(5)12-14/h8-12,27,30-31H,7,13H2,1-6H3,(H,25,26,32). The summed E-state index contributed by atoms with van der Waals surface area (Å²) in [6, 6.07) is 4.43. The van der Waals surface area contributed by atoms with Crippen molar-refractivity contribution in [2.75, 3.05) is 22.9 Å². The summed E-state index contributed by atoms with van der Waals surface area (Å²) < 4.78 is 52.8. The van der Waals surface area contributed by atoms with E-state index in [2.05, 4.69) is 19.9 Å². The number of benzene rings is 1. The van der Waals surface area contributed by atoms with Crippen LogP contribution in [0.5, 0.6) is 11.6 Å². The van der Waals surface area contributed by atoms with Gasteiger partial charge >= 0.3 is 7.52 Å². The Morgan fingerprint density at radius 3 is 2.51 bits per heavy atom. The van der Waals surface area contributed by atoms with E-state index in [0.29, 0.717) is 11.4 Å². The van der Waals surface area contributed by atoms with Crippen LogP contribution in [0, 0.1) is 0 Å². The van der Waals surface area contributed by atoms with Gasteiger partial charge in [0.15, 0.2) is 11.6 Å². The number of hydrogen-bond donors (Lipinski definition) is 4. The molecule has 2 aromatic heterocycles. The largest absolute Gasteiger partial charge is 0.505 e. The molecule has 0 aliphatic carbocycles. The zero-order chi connectivity index (χ0) is 27.3. The number of nitrogens with one attached hydrogen (secondary N) is 2. The molecule has 1 aromatic carbocycles. The molecule has 14 heteroatoms. The number of fused-ring (bicyclic) bond motifs is 1. The van der Waals surface area contributed by atoms with Crippen LogP contribution in [0.2, 0.25) is 0 Å². The monoisotopic (exact) mass is 550 g/mol. The Kier molecular flexibility index (Phi) is 6.68. The van der Waals surface area contributed by atoms with Crippen LogP contribution in [0.25, 0.3) is 0 Å². The number of aromatic hydroxyl groups is 2. The average Bonchev–Trinajstić information content (AvgIpc) is 3.27. The lowest BCUT2D eigenvalue weighted by molar-refractivity contribution is 0.341. The van der Waals surface area contributed by atoms with Crippen molar-refractivity contribution in [2.45, 2.75) is 39.7 Å². The fourth-order valence-electron chi connectivity index (χ4n) is 4.33. The number of rotatable bonds is 7.